The van der Waals surface area contributed by atoms with Gasteiger partial charge < -0.3 is 4.42 Å². The SMILES string of the molecule is [2H]c1c([2H])c([2H])c2c(oc3c([2H])c(-c4nc(-c5ccccc5)nc(-c5ccc6c(c5)sc5ccccc56)n4)c([2H])c([2H])c32)c1-c1ccc2c(c1)sc1ccccc12. The van der Waals surface area contributed by atoms with Crippen LogP contribution in [0.2, 0.25) is 0 Å². The smallest absolute Gasteiger partial charge is 0.164 e. The van der Waals surface area contributed by atoms with Crippen molar-refractivity contribution in [2.75, 3.05) is 0 Å². The van der Waals surface area contributed by atoms with E-state index < -0.39 is 0 Å². The van der Waals surface area contributed by atoms with Gasteiger partial charge in [0.2, 0.25) is 0 Å². The first-order valence-electron chi connectivity index (χ1n) is 19.4. The first-order chi connectivity index (χ1) is 27.7. The minimum atomic E-state index is -0.330. The van der Waals surface area contributed by atoms with E-state index in [1.807, 2.05) is 84.9 Å². The van der Waals surface area contributed by atoms with E-state index >= 15 is 0 Å². The molecule has 0 saturated carbocycles. The zero-order chi connectivity index (χ0) is 38.7. The number of fused-ring (bicyclic) bond motifs is 9. The first-order valence-corrected chi connectivity index (χ1v) is 18.0. The molecule has 0 radical (unpaired) electrons. The van der Waals surface area contributed by atoms with Crippen molar-refractivity contribution in [1.82, 2.24) is 15.0 Å². The van der Waals surface area contributed by atoms with Crippen molar-refractivity contribution in [2.45, 2.75) is 0 Å². The Kier molecular flexibility index (Phi) is 5.08. The minimum Gasteiger partial charge on any atom is -0.455 e. The van der Waals surface area contributed by atoms with Crippen LogP contribution < -0.4 is 0 Å². The molecule has 0 bridgehead atoms. The fourth-order valence-corrected chi connectivity index (χ4v) is 9.10. The molecular formula is C45H25N3OS2. The van der Waals surface area contributed by atoms with Crippen LogP contribution in [-0.2, 0) is 0 Å². The van der Waals surface area contributed by atoms with Gasteiger partial charge in [-0.05, 0) is 41.9 Å². The molecule has 0 N–H and O–H groups in total. The van der Waals surface area contributed by atoms with Crippen molar-refractivity contribution in [3.05, 3.63) is 152 Å². The number of benzene rings is 7. The maximum absolute atomic E-state index is 9.54. The average Bonchev–Trinajstić information content (AvgIpc) is 3.94. The summed E-state index contributed by atoms with van der Waals surface area (Å²) in [5.41, 5.74) is 2.40. The van der Waals surface area contributed by atoms with Crippen molar-refractivity contribution < 1.29 is 12.6 Å². The number of nitrogens with zero attached hydrogens (tertiary/aromatic N) is 3. The Hall–Kier alpha value is -6.21. The molecule has 0 saturated heterocycles. The third kappa shape index (κ3) is 4.61. The van der Waals surface area contributed by atoms with E-state index in [1.165, 1.54) is 10.1 Å². The molecule has 6 heteroatoms. The van der Waals surface area contributed by atoms with Crippen molar-refractivity contribution in [2.24, 2.45) is 0 Å². The van der Waals surface area contributed by atoms with E-state index in [0.717, 1.165) is 35.8 Å². The third-order valence-electron chi connectivity index (χ3n) is 9.26. The number of rotatable bonds is 4. The van der Waals surface area contributed by atoms with Gasteiger partial charge in [-0.2, -0.15) is 0 Å². The van der Waals surface area contributed by atoms with Gasteiger partial charge in [0.25, 0.3) is 0 Å². The fourth-order valence-electron chi connectivity index (χ4n) is 6.81. The lowest BCUT2D eigenvalue weighted by Crippen LogP contribution is -2.00. The van der Waals surface area contributed by atoms with Crippen LogP contribution >= 0.6 is 22.7 Å². The summed E-state index contributed by atoms with van der Waals surface area (Å²) < 4.78 is 65.9. The molecule has 0 aliphatic rings. The molecular weight excluding hydrogens is 663 g/mol. The molecule has 238 valence electrons. The summed E-state index contributed by atoms with van der Waals surface area (Å²) in [4.78, 5) is 14.5. The average molecular weight is 694 g/mol. The number of hydrogen-bond acceptors (Lipinski definition) is 6. The molecule has 11 aromatic rings. The van der Waals surface area contributed by atoms with Gasteiger partial charge in [-0.15, -0.1) is 22.7 Å². The standard InChI is InChI=1S/C45H25N3OS2/c1-2-9-26(10-3-1)43-46-44(48-45(47-43)29-19-22-35-33-12-5-7-16-39(33)51-41(35)25-29)28-18-20-31-36-14-8-13-30(42(36)49-37(31)23-28)27-17-21-34-32-11-4-6-15-38(32)50-40(34)24-27/h1-25H/i8D,13D,14D,18D,20D,23D. The molecule has 51 heavy (non-hydrogen) atoms. The number of para-hydroxylation sites is 1. The van der Waals surface area contributed by atoms with Gasteiger partial charge in [0, 0.05) is 73.4 Å². The van der Waals surface area contributed by atoms with Gasteiger partial charge >= 0.3 is 0 Å². The lowest BCUT2D eigenvalue weighted by Gasteiger charge is -2.08. The third-order valence-corrected chi connectivity index (χ3v) is 11.5. The molecule has 0 amide bonds. The number of furan rings is 1. The predicted molar refractivity (Wildman–Crippen MR) is 215 cm³/mol. The molecule has 0 unspecified atom stereocenters. The van der Waals surface area contributed by atoms with Gasteiger partial charge in [0.05, 0.1) is 8.22 Å². The maximum Gasteiger partial charge on any atom is 0.164 e. The lowest BCUT2D eigenvalue weighted by molar-refractivity contribution is 0.670. The van der Waals surface area contributed by atoms with Crippen LogP contribution in [0.5, 0.6) is 0 Å². The van der Waals surface area contributed by atoms with Crippen molar-refractivity contribution in [3.8, 4) is 45.3 Å². The Morgan fingerprint density at radius 2 is 1.04 bits per heavy atom. The van der Waals surface area contributed by atoms with Crippen LogP contribution in [0, 0.1) is 0 Å². The quantitative estimate of drug-likeness (QED) is 0.184. The van der Waals surface area contributed by atoms with Gasteiger partial charge in [0.1, 0.15) is 11.2 Å². The highest BCUT2D eigenvalue weighted by Crippen LogP contribution is 2.41. The number of aromatic nitrogens is 3. The second-order valence-electron chi connectivity index (χ2n) is 12.3. The van der Waals surface area contributed by atoms with Gasteiger partial charge in [-0.3, -0.25) is 0 Å². The fraction of sp³-hybridized carbons (Fsp3) is 0. The van der Waals surface area contributed by atoms with Crippen molar-refractivity contribution >= 4 is 85.0 Å². The molecule has 4 heterocycles. The summed E-state index contributed by atoms with van der Waals surface area (Å²) >= 11 is 3.30. The Bertz CT molecular complexity index is 3510. The summed E-state index contributed by atoms with van der Waals surface area (Å²) in [6.07, 6.45) is 0. The van der Waals surface area contributed by atoms with Crippen LogP contribution in [0.25, 0.3) is 108 Å². The largest absolute Gasteiger partial charge is 0.455 e. The highest BCUT2D eigenvalue weighted by Gasteiger charge is 2.18. The van der Waals surface area contributed by atoms with E-state index in [1.54, 1.807) is 22.7 Å². The van der Waals surface area contributed by atoms with Crippen LogP contribution in [0.15, 0.2) is 156 Å². The lowest BCUT2D eigenvalue weighted by atomic mass is 10.0. The molecule has 4 nitrogen and oxygen atoms in total. The van der Waals surface area contributed by atoms with Crippen LogP contribution in [-0.4, -0.2) is 15.0 Å². The Labute approximate surface area is 308 Å². The molecule has 0 spiro atoms. The monoisotopic (exact) mass is 693 g/mol. The Balaban J connectivity index is 1.15. The van der Waals surface area contributed by atoms with Crippen LogP contribution in [0.3, 0.4) is 0 Å². The molecule has 0 fully saturated rings. The molecule has 0 aliphatic heterocycles. The van der Waals surface area contributed by atoms with Crippen LogP contribution in [0.1, 0.15) is 8.22 Å². The minimum absolute atomic E-state index is 0.0210. The first kappa shape index (κ1) is 23.2. The van der Waals surface area contributed by atoms with E-state index in [-0.39, 0.29) is 69.6 Å². The molecule has 0 aliphatic carbocycles. The van der Waals surface area contributed by atoms with E-state index in [2.05, 4.69) is 30.3 Å². The normalized spacial score (nSPS) is 13.6. The molecule has 0 atom stereocenters. The predicted octanol–water partition coefficient (Wildman–Crippen LogP) is 13.2. The molecule has 11 rings (SSSR count). The highest BCUT2D eigenvalue weighted by atomic mass is 32.1. The Morgan fingerprint density at radius 1 is 0.451 bits per heavy atom. The van der Waals surface area contributed by atoms with Crippen LogP contribution in [0.4, 0.5) is 0 Å². The second kappa shape index (κ2) is 11.2. The molecule has 7 aromatic carbocycles. The van der Waals surface area contributed by atoms with Gasteiger partial charge in [-0.1, -0.05) is 115 Å². The van der Waals surface area contributed by atoms with Gasteiger partial charge in [-0.25, -0.2) is 15.0 Å². The Morgan fingerprint density at radius 3 is 1.76 bits per heavy atom. The maximum atomic E-state index is 9.54. The topological polar surface area (TPSA) is 51.8 Å². The zero-order valence-electron chi connectivity index (χ0n) is 32.5. The summed E-state index contributed by atoms with van der Waals surface area (Å²) in [7, 11) is 0. The summed E-state index contributed by atoms with van der Waals surface area (Å²) in [5.74, 6) is 0.718. The van der Waals surface area contributed by atoms with E-state index in [4.69, 9.17) is 23.5 Å². The van der Waals surface area contributed by atoms with Gasteiger partial charge in [0.15, 0.2) is 17.5 Å². The zero-order valence-corrected chi connectivity index (χ0v) is 28.2. The number of thiophene rings is 2. The summed E-state index contributed by atoms with van der Waals surface area (Å²) in [6.45, 7) is 0. The number of hydrogen-bond donors (Lipinski definition) is 0. The van der Waals surface area contributed by atoms with E-state index in [0.29, 0.717) is 28.3 Å². The second-order valence-corrected chi connectivity index (χ2v) is 14.5. The van der Waals surface area contributed by atoms with Crippen molar-refractivity contribution in [3.63, 3.8) is 0 Å². The summed E-state index contributed by atoms with van der Waals surface area (Å²) in [6, 6.07) is 36.0. The highest BCUT2D eigenvalue weighted by molar-refractivity contribution is 7.26. The van der Waals surface area contributed by atoms with E-state index in [9.17, 15) is 4.11 Å². The van der Waals surface area contributed by atoms with Crippen molar-refractivity contribution in [1.29, 1.82) is 0 Å². The summed E-state index contributed by atoms with van der Waals surface area (Å²) in [5, 5.41) is 4.66. The molecule has 4 aromatic heterocycles.